The minimum absolute atomic E-state index is 0.0899. The van der Waals surface area contributed by atoms with Gasteiger partial charge in [-0.15, -0.1) is 0 Å². The first-order valence-corrected chi connectivity index (χ1v) is 8.12. The Morgan fingerprint density at radius 3 is 2.57 bits per heavy atom. The molecule has 1 saturated heterocycles. The quantitative estimate of drug-likeness (QED) is 0.912. The highest BCUT2D eigenvalue weighted by atomic mass is 16.6. The molecule has 3 rings (SSSR count). The Hall–Kier alpha value is -2.31. The van der Waals surface area contributed by atoms with Crippen LogP contribution in [0.15, 0.2) is 18.2 Å². The Bertz CT molecular complexity index is 580. The van der Waals surface area contributed by atoms with Crippen molar-refractivity contribution in [2.24, 2.45) is 0 Å². The fourth-order valence-electron chi connectivity index (χ4n) is 2.54. The van der Waals surface area contributed by atoms with Gasteiger partial charge in [-0.2, -0.15) is 0 Å². The summed E-state index contributed by atoms with van der Waals surface area (Å²) in [6.45, 7) is 4.13. The van der Waals surface area contributed by atoms with Crippen LogP contribution in [0.3, 0.4) is 0 Å². The predicted octanol–water partition coefficient (Wildman–Crippen LogP) is 1.57. The van der Waals surface area contributed by atoms with Crippen LogP contribution >= 0.6 is 0 Å². The summed E-state index contributed by atoms with van der Waals surface area (Å²) >= 11 is 0. The molecule has 0 radical (unpaired) electrons. The molecule has 1 aliphatic carbocycles. The summed E-state index contributed by atoms with van der Waals surface area (Å²) in [7, 11) is 0. The van der Waals surface area contributed by atoms with Crippen LogP contribution in [-0.4, -0.2) is 65.6 Å². The van der Waals surface area contributed by atoms with Gasteiger partial charge in [0.15, 0.2) is 0 Å². The summed E-state index contributed by atoms with van der Waals surface area (Å²) in [5.41, 5.74) is 0.445. The van der Waals surface area contributed by atoms with Gasteiger partial charge >= 0.3 is 6.09 Å². The highest BCUT2D eigenvalue weighted by Crippen LogP contribution is 2.23. The minimum Gasteiger partial charge on any atom is -0.450 e. The molecule has 2 amide bonds. The van der Waals surface area contributed by atoms with E-state index in [-0.39, 0.29) is 12.0 Å². The third-order valence-corrected chi connectivity index (χ3v) is 3.99. The van der Waals surface area contributed by atoms with E-state index in [0.717, 1.165) is 18.7 Å². The van der Waals surface area contributed by atoms with Crippen LogP contribution in [0.25, 0.3) is 0 Å². The molecule has 23 heavy (non-hydrogen) atoms. The first-order valence-electron chi connectivity index (χ1n) is 8.12. The number of anilines is 1. The number of nitrogens with one attached hydrogen (secondary N) is 1. The number of hydrogen-bond acceptors (Lipinski definition) is 5. The number of pyridine rings is 1. The Kier molecular flexibility index (Phi) is 4.64. The van der Waals surface area contributed by atoms with Crippen LogP contribution in [-0.2, 0) is 4.74 Å². The lowest BCUT2D eigenvalue weighted by Crippen LogP contribution is -2.50. The van der Waals surface area contributed by atoms with Gasteiger partial charge in [-0.05, 0) is 31.9 Å². The standard InChI is InChI=1S/C16H22N4O3/c1-2-23-16(22)20-10-8-19(9-11-20)15(21)13-4-3-5-14(18-13)17-12-6-7-12/h3-5,12H,2,6-11H2,1H3,(H,17,18). The first-order chi connectivity index (χ1) is 11.2. The molecule has 0 bridgehead atoms. The molecule has 1 N–H and O–H groups in total. The van der Waals surface area contributed by atoms with Gasteiger partial charge in [0, 0.05) is 32.2 Å². The molecule has 1 aliphatic heterocycles. The van der Waals surface area contributed by atoms with Crippen molar-refractivity contribution >= 4 is 17.8 Å². The lowest BCUT2D eigenvalue weighted by molar-refractivity contribution is 0.0566. The summed E-state index contributed by atoms with van der Waals surface area (Å²) in [4.78, 5) is 32.0. The van der Waals surface area contributed by atoms with Gasteiger partial charge in [0.2, 0.25) is 0 Å². The van der Waals surface area contributed by atoms with Crippen molar-refractivity contribution in [2.75, 3.05) is 38.1 Å². The zero-order valence-corrected chi connectivity index (χ0v) is 13.3. The molecule has 1 aromatic heterocycles. The average molecular weight is 318 g/mol. The molecule has 0 spiro atoms. The molecule has 2 heterocycles. The Morgan fingerprint density at radius 1 is 1.22 bits per heavy atom. The molecule has 7 heteroatoms. The van der Waals surface area contributed by atoms with Crippen LogP contribution < -0.4 is 5.32 Å². The van der Waals surface area contributed by atoms with Crippen molar-refractivity contribution in [2.45, 2.75) is 25.8 Å². The van der Waals surface area contributed by atoms with E-state index in [1.165, 1.54) is 0 Å². The van der Waals surface area contributed by atoms with E-state index in [2.05, 4.69) is 10.3 Å². The molecule has 0 unspecified atom stereocenters. The second-order valence-electron chi connectivity index (χ2n) is 5.80. The normalized spacial score (nSPS) is 17.8. The van der Waals surface area contributed by atoms with Crippen LogP contribution in [0.5, 0.6) is 0 Å². The molecule has 2 fully saturated rings. The van der Waals surface area contributed by atoms with Crippen LogP contribution in [0.2, 0.25) is 0 Å². The third-order valence-electron chi connectivity index (χ3n) is 3.99. The summed E-state index contributed by atoms with van der Waals surface area (Å²) in [6.07, 6.45) is 2.01. The number of carbonyl (C=O) groups excluding carboxylic acids is 2. The number of amides is 2. The van der Waals surface area contributed by atoms with E-state index in [4.69, 9.17) is 4.74 Å². The van der Waals surface area contributed by atoms with Crippen molar-refractivity contribution in [1.82, 2.24) is 14.8 Å². The molecule has 7 nitrogen and oxygen atoms in total. The zero-order valence-electron chi connectivity index (χ0n) is 13.3. The Balaban J connectivity index is 1.57. The lowest BCUT2D eigenvalue weighted by Gasteiger charge is -2.33. The smallest absolute Gasteiger partial charge is 0.409 e. The number of nitrogens with zero attached hydrogens (tertiary/aromatic N) is 3. The van der Waals surface area contributed by atoms with Gasteiger partial charge in [0.25, 0.3) is 5.91 Å². The van der Waals surface area contributed by atoms with E-state index in [1.54, 1.807) is 22.8 Å². The fourth-order valence-corrected chi connectivity index (χ4v) is 2.54. The lowest BCUT2D eigenvalue weighted by atomic mass is 10.2. The summed E-state index contributed by atoms with van der Waals surface area (Å²) in [6, 6.07) is 5.96. The number of hydrogen-bond donors (Lipinski definition) is 1. The number of carbonyl (C=O) groups is 2. The molecule has 0 aromatic carbocycles. The molecule has 0 atom stereocenters. The van der Waals surface area contributed by atoms with Crippen molar-refractivity contribution in [3.05, 3.63) is 23.9 Å². The summed E-state index contributed by atoms with van der Waals surface area (Å²) in [5.74, 6) is 0.663. The van der Waals surface area contributed by atoms with Gasteiger partial charge in [-0.3, -0.25) is 4.79 Å². The second-order valence-corrected chi connectivity index (χ2v) is 5.80. The summed E-state index contributed by atoms with van der Waals surface area (Å²) in [5, 5.41) is 3.30. The second kappa shape index (κ2) is 6.85. The molecule has 124 valence electrons. The SMILES string of the molecule is CCOC(=O)N1CCN(C(=O)c2cccc(NC3CC3)n2)CC1. The van der Waals surface area contributed by atoms with Gasteiger partial charge in [0.05, 0.1) is 6.61 Å². The molecular formula is C16H22N4O3. The van der Waals surface area contributed by atoms with E-state index >= 15 is 0 Å². The average Bonchev–Trinajstić information content (AvgIpc) is 3.39. The Labute approximate surface area is 135 Å². The van der Waals surface area contributed by atoms with Crippen molar-refractivity contribution in [1.29, 1.82) is 0 Å². The fraction of sp³-hybridized carbons (Fsp3) is 0.562. The van der Waals surface area contributed by atoms with Crippen molar-refractivity contribution in [3.63, 3.8) is 0 Å². The zero-order chi connectivity index (χ0) is 16.2. The van der Waals surface area contributed by atoms with Crippen molar-refractivity contribution in [3.8, 4) is 0 Å². The topological polar surface area (TPSA) is 74.8 Å². The van der Waals surface area contributed by atoms with Crippen LogP contribution in [0.1, 0.15) is 30.3 Å². The van der Waals surface area contributed by atoms with E-state index < -0.39 is 0 Å². The van der Waals surface area contributed by atoms with Crippen molar-refractivity contribution < 1.29 is 14.3 Å². The van der Waals surface area contributed by atoms with E-state index in [0.29, 0.717) is 44.5 Å². The molecule has 1 aromatic rings. The van der Waals surface area contributed by atoms with Gasteiger partial charge < -0.3 is 19.9 Å². The predicted molar refractivity (Wildman–Crippen MR) is 85.4 cm³/mol. The monoisotopic (exact) mass is 318 g/mol. The number of rotatable bonds is 4. The van der Waals surface area contributed by atoms with E-state index in [9.17, 15) is 9.59 Å². The van der Waals surface area contributed by atoms with Gasteiger partial charge in [0.1, 0.15) is 11.5 Å². The highest BCUT2D eigenvalue weighted by Gasteiger charge is 2.26. The maximum absolute atomic E-state index is 12.6. The van der Waals surface area contributed by atoms with Gasteiger partial charge in [-0.1, -0.05) is 6.07 Å². The maximum Gasteiger partial charge on any atom is 0.409 e. The van der Waals surface area contributed by atoms with Gasteiger partial charge in [-0.25, -0.2) is 9.78 Å². The highest BCUT2D eigenvalue weighted by molar-refractivity contribution is 5.92. The van der Waals surface area contributed by atoms with E-state index in [1.807, 2.05) is 12.1 Å². The molecular weight excluding hydrogens is 296 g/mol. The summed E-state index contributed by atoms with van der Waals surface area (Å²) < 4.78 is 4.98. The first kappa shape index (κ1) is 15.6. The number of ether oxygens (including phenoxy) is 1. The molecule has 2 aliphatic rings. The van der Waals surface area contributed by atoms with Crippen LogP contribution in [0, 0.1) is 0 Å². The number of aromatic nitrogens is 1. The van der Waals surface area contributed by atoms with Crippen LogP contribution in [0.4, 0.5) is 10.6 Å². The molecule has 1 saturated carbocycles. The number of piperazine rings is 1. The largest absolute Gasteiger partial charge is 0.450 e. The Morgan fingerprint density at radius 2 is 1.91 bits per heavy atom. The maximum atomic E-state index is 12.6. The minimum atomic E-state index is -0.312. The third kappa shape index (κ3) is 3.91.